The zero-order valence-electron chi connectivity index (χ0n) is 12.7. The average Bonchev–Trinajstić information content (AvgIpc) is 3.27. The van der Waals surface area contributed by atoms with Gasteiger partial charge in [0.25, 0.3) is 0 Å². The predicted octanol–water partition coefficient (Wildman–Crippen LogP) is 1.24. The van der Waals surface area contributed by atoms with Crippen molar-refractivity contribution >= 4 is 0 Å². The van der Waals surface area contributed by atoms with Gasteiger partial charge in [-0.1, -0.05) is 6.92 Å². The van der Waals surface area contributed by atoms with Crippen molar-refractivity contribution in [2.45, 2.75) is 57.2 Å². The summed E-state index contributed by atoms with van der Waals surface area (Å²) in [6.07, 6.45) is 5.06. The predicted molar refractivity (Wildman–Crippen MR) is 77.3 cm³/mol. The Kier molecular flexibility index (Phi) is 5.23. The lowest BCUT2D eigenvalue weighted by molar-refractivity contribution is 0.0471. The monoisotopic (exact) mass is 270 g/mol. The zero-order chi connectivity index (χ0) is 13.9. The summed E-state index contributed by atoms with van der Waals surface area (Å²) >= 11 is 0. The van der Waals surface area contributed by atoms with E-state index >= 15 is 0 Å². The fourth-order valence-electron chi connectivity index (χ4n) is 3.08. The van der Waals surface area contributed by atoms with E-state index in [9.17, 15) is 5.11 Å². The molecular weight excluding hydrogens is 240 g/mol. The van der Waals surface area contributed by atoms with Crippen LogP contribution in [0, 0.1) is 5.92 Å². The number of ether oxygens (including phenoxy) is 1. The summed E-state index contributed by atoms with van der Waals surface area (Å²) in [5.74, 6) is 0.655. The minimum Gasteiger partial charge on any atom is -0.394 e. The quantitative estimate of drug-likeness (QED) is 0.627. The summed E-state index contributed by atoms with van der Waals surface area (Å²) in [5, 5.41) is 13.7. The smallest absolute Gasteiger partial charge is 0.0628 e. The Hall–Kier alpha value is -0.160. The van der Waals surface area contributed by atoms with Gasteiger partial charge < -0.3 is 15.2 Å². The van der Waals surface area contributed by atoms with Crippen molar-refractivity contribution in [2.24, 2.45) is 5.92 Å². The SMILES string of the molecule is CCN(CC(CO)(NC1CC1)C1CC1)C(C)COC. The minimum atomic E-state index is -0.0841. The van der Waals surface area contributed by atoms with E-state index in [1.165, 1.54) is 25.7 Å². The van der Waals surface area contributed by atoms with Crippen LogP contribution in [0.4, 0.5) is 0 Å². The molecule has 0 radical (unpaired) electrons. The lowest BCUT2D eigenvalue weighted by atomic mass is 9.92. The molecule has 2 saturated carbocycles. The second-order valence-corrected chi connectivity index (χ2v) is 6.37. The van der Waals surface area contributed by atoms with Crippen LogP contribution in [0.25, 0.3) is 0 Å². The summed E-state index contributed by atoms with van der Waals surface area (Å²) < 4.78 is 5.28. The van der Waals surface area contributed by atoms with Crippen LogP contribution in [0.3, 0.4) is 0 Å². The summed E-state index contributed by atoms with van der Waals surface area (Å²) in [4.78, 5) is 2.44. The first-order chi connectivity index (χ1) is 9.15. The zero-order valence-corrected chi connectivity index (χ0v) is 12.7. The van der Waals surface area contributed by atoms with E-state index in [2.05, 4.69) is 24.1 Å². The molecule has 2 N–H and O–H groups in total. The normalized spacial score (nSPS) is 24.5. The van der Waals surface area contributed by atoms with Gasteiger partial charge in [0.1, 0.15) is 0 Å². The summed E-state index contributed by atoms with van der Waals surface area (Å²) in [6, 6.07) is 1.05. The highest BCUT2D eigenvalue weighted by molar-refractivity contribution is 5.06. The van der Waals surface area contributed by atoms with Gasteiger partial charge in [-0.05, 0) is 45.1 Å². The molecule has 0 aromatic rings. The number of methoxy groups -OCH3 is 1. The van der Waals surface area contributed by atoms with Gasteiger partial charge in [-0.15, -0.1) is 0 Å². The Morgan fingerprint density at radius 2 is 2.05 bits per heavy atom. The molecule has 112 valence electrons. The van der Waals surface area contributed by atoms with Crippen molar-refractivity contribution in [2.75, 3.05) is 33.4 Å². The Labute approximate surface area is 117 Å². The fourth-order valence-corrected chi connectivity index (χ4v) is 3.08. The lowest BCUT2D eigenvalue weighted by Crippen LogP contribution is -2.60. The molecule has 19 heavy (non-hydrogen) atoms. The van der Waals surface area contributed by atoms with Crippen LogP contribution in [0.1, 0.15) is 39.5 Å². The number of aliphatic hydroxyl groups excluding tert-OH is 1. The first-order valence-electron chi connectivity index (χ1n) is 7.76. The molecule has 2 aliphatic carbocycles. The van der Waals surface area contributed by atoms with Crippen molar-refractivity contribution in [1.29, 1.82) is 0 Å². The van der Waals surface area contributed by atoms with Crippen molar-refractivity contribution in [3.05, 3.63) is 0 Å². The van der Waals surface area contributed by atoms with E-state index < -0.39 is 0 Å². The van der Waals surface area contributed by atoms with Crippen molar-refractivity contribution in [1.82, 2.24) is 10.2 Å². The highest BCUT2D eigenvalue weighted by atomic mass is 16.5. The van der Waals surface area contributed by atoms with Gasteiger partial charge in [-0.25, -0.2) is 0 Å². The number of nitrogens with one attached hydrogen (secondary N) is 1. The largest absolute Gasteiger partial charge is 0.394 e. The van der Waals surface area contributed by atoms with E-state index in [0.29, 0.717) is 18.0 Å². The number of hydrogen-bond donors (Lipinski definition) is 2. The van der Waals surface area contributed by atoms with Crippen LogP contribution in [-0.2, 0) is 4.74 Å². The maximum atomic E-state index is 10.00. The Bertz CT molecular complexity index is 279. The lowest BCUT2D eigenvalue weighted by Gasteiger charge is -2.40. The Morgan fingerprint density at radius 3 is 2.47 bits per heavy atom. The third-order valence-corrected chi connectivity index (χ3v) is 4.63. The van der Waals surface area contributed by atoms with E-state index in [-0.39, 0.29) is 12.1 Å². The maximum Gasteiger partial charge on any atom is 0.0628 e. The molecule has 2 rings (SSSR count). The maximum absolute atomic E-state index is 10.00. The van der Waals surface area contributed by atoms with Crippen LogP contribution >= 0.6 is 0 Å². The molecule has 0 aliphatic heterocycles. The molecule has 0 heterocycles. The second kappa shape index (κ2) is 6.53. The number of aliphatic hydroxyl groups is 1. The van der Waals surface area contributed by atoms with Crippen LogP contribution < -0.4 is 5.32 Å². The molecular formula is C15H30N2O2. The molecule has 2 fully saturated rings. The highest BCUT2D eigenvalue weighted by Gasteiger charge is 2.48. The van der Waals surface area contributed by atoms with Crippen LogP contribution in [0.15, 0.2) is 0 Å². The van der Waals surface area contributed by atoms with Gasteiger partial charge in [-0.3, -0.25) is 4.90 Å². The first-order valence-corrected chi connectivity index (χ1v) is 7.76. The van der Waals surface area contributed by atoms with Crippen LogP contribution in [-0.4, -0.2) is 61.0 Å². The molecule has 2 aliphatic rings. The van der Waals surface area contributed by atoms with E-state index in [1.54, 1.807) is 7.11 Å². The van der Waals surface area contributed by atoms with Gasteiger partial charge in [0.15, 0.2) is 0 Å². The summed E-state index contributed by atoms with van der Waals surface area (Å²) in [6.45, 7) is 7.35. The molecule has 4 heteroatoms. The fraction of sp³-hybridized carbons (Fsp3) is 1.00. The third kappa shape index (κ3) is 3.91. The van der Waals surface area contributed by atoms with E-state index in [4.69, 9.17) is 4.74 Å². The number of nitrogens with zero attached hydrogens (tertiary/aromatic N) is 1. The number of rotatable bonds is 10. The number of hydrogen-bond acceptors (Lipinski definition) is 4. The van der Waals surface area contributed by atoms with Crippen molar-refractivity contribution in [3.63, 3.8) is 0 Å². The molecule has 0 amide bonds. The molecule has 2 unspecified atom stereocenters. The molecule has 0 bridgehead atoms. The van der Waals surface area contributed by atoms with Gasteiger partial charge in [0, 0.05) is 25.7 Å². The van der Waals surface area contributed by atoms with E-state index in [1.807, 2.05) is 0 Å². The summed E-state index contributed by atoms with van der Waals surface area (Å²) in [5.41, 5.74) is -0.0841. The molecule has 4 nitrogen and oxygen atoms in total. The molecule has 0 spiro atoms. The van der Waals surface area contributed by atoms with Crippen LogP contribution in [0.2, 0.25) is 0 Å². The number of likely N-dealkylation sites (N-methyl/N-ethyl adjacent to an activating group) is 1. The Morgan fingerprint density at radius 1 is 1.37 bits per heavy atom. The molecule has 0 aromatic carbocycles. The standard InChI is InChI=1S/C15H30N2O2/c1-4-17(12(2)9-19-3)10-15(11-18,13-5-6-13)16-14-7-8-14/h12-14,16,18H,4-11H2,1-3H3. The average molecular weight is 270 g/mol. The Balaban J connectivity index is 2.00. The van der Waals surface area contributed by atoms with Gasteiger partial charge in [-0.2, -0.15) is 0 Å². The van der Waals surface area contributed by atoms with Crippen LogP contribution in [0.5, 0.6) is 0 Å². The molecule has 0 saturated heterocycles. The second-order valence-electron chi connectivity index (χ2n) is 6.37. The van der Waals surface area contributed by atoms with Crippen molar-refractivity contribution < 1.29 is 9.84 Å². The topological polar surface area (TPSA) is 44.7 Å². The van der Waals surface area contributed by atoms with Crippen molar-refractivity contribution in [3.8, 4) is 0 Å². The van der Waals surface area contributed by atoms with Gasteiger partial charge >= 0.3 is 0 Å². The first kappa shape index (κ1) is 15.2. The highest BCUT2D eigenvalue weighted by Crippen LogP contribution is 2.42. The summed E-state index contributed by atoms with van der Waals surface area (Å²) in [7, 11) is 1.76. The van der Waals surface area contributed by atoms with Gasteiger partial charge in [0.05, 0.1) is 18.8 Å². The van der Waals surface area contributed by atoms with Gasteiger partial charge in [0.2, 0.25) is 0 Å². The molecule has 0 aromatic heterocycles. The molecule has 2 atom stereocenters. The minimum absolute atomic E-state index is 0.0841. The third-order valence-electron chi connectivity index (χ3n) is 4.63. The van der Waals surface area contributed by atoms with E-state index in [0.717, 1.165) is 19.7 Å².